The summed E-state index contributed by atoms with van der Waals surface area (Å²) in [6, 6.07) is 11.9. The number of benzene rings is 1. The van der Waals surface area contributed by atoms with E-state index in [0.29, 0.717) is 0 Å². The van der Waals surface area contributed by atoms with Crippen LogP contribution in [0.15, 0.2) is 54.9 Å². The Morgan fingerprint density at radius 1 is 1.20 bits per heavy atom. The second-order valence-electron chi connectivity index (χ2n) is 4.40. The van der Waals surface area contributed by atoms with E-state index in [2.05, 4.69) is 4.98 Å². The number of carboxylic acid groups (broad SMARTS) is 1. The summed E-state index contributed by atoms with van der Waals surface area (Å²) in [6.07, 6.45) is 5.65. The zero-order chi connectivity index (χ0) is 13.7. The monoisotopic (exact) mass is 289 g/mol. The molecule has 0 atom stereocenters. The fourth-order valence-corrected chi connectivity index (χ4v) is 1.89. The van der Waals surface area contributed by atoms with Crippen molar-refractivity contribution in [3.63, 3.8) is 0 Å². The number of rotatable bonds is 4. The van der Waals surface area contributed by atoms with Crippen LogP contribution in [0.4, 0.5) is 0 Å². The van der Waals surface area contributed by atoms with Gasteiger partial charge in [-0.05, 0) is 41.7 Å². The quantitative estimate of drug-likeness (QED) is 0.875. The van der Waals surface area contributed by atoms with Crippen molar-refractivity contribution in [2.75, 3.05) is 0 Å². The molecule has 0 aliphatic rings. The first-order valence-corrected chi connectivity index (χ1v) is 6.04. The molecule has 0 aliphatic carbocycles. The van der Waals surface area contributed by atoms with Crippen LogP contribution in [0, 0.1) is 0 Å². The molecule has 0 fully saturated rings. The maximum absolute atomic E-state index is 10.6. The number of hydrogen-bond donors (Lipinski definition) is 1. The molecule has 3 nitrogen and oxygen atoms in total. The molecule has 20 heavy (non-hydrogen) atoms. The van der Waals surface area contributed by atoms with Crippen LogP contribution in [-0.2, 0) is 11.2 Å². The third-order valence-electron chi connectivity index (χ3n) is 2.88. The van der Waals surface area contributed by atoms with E-state index in [-0.39, 0.29) is 12.4 Å². The minimum atomic E-state index is -0.920. The summed E-state index contributed by atoms with van der Waals surface area (Å²) < 4.78 is 0. The molecule has 1 aromatic carbocycles. The van der Waals surface area contributed by atoms with Crippen LogP contribution in [0.25, 0.3) is 5.57 Å². The highest BCUT2D eigenvalue weighted by molar-refractivity contribution is 5.89. The molecule has 0 aliphatic heterocycles. The van der Waals surface area contributed by atoms with Gasteiger partial charge in [0.2, 0.25) is 0 Å². The minimum Gasteiger partial charge on any atom is -0.478 e. The summed E-state index contributed by atoms with van der Waals surface area (Å²) in [5.41, 5.74) is 4.02. The van der Waals surface area contributed by atoms with Crippen LogP contribution in [-0.4, -0.2) is 16.1 Å². The van der Waals surface area contributed by atoms with Gasteiger partial charge in [-0.1, -0.05) is 30.3 Å². The Morgan fingerprint density at radius 3 is 2.45 bits per heavy atom. The Kier molecular flexibility index (Phi) is 5.94. The fraction of sp³-hybridized carbons (Fsp3) is 0.125. The largest absolute Gasteiger partial charge is 0.478 e. The minimum absolute atomic E-state index is 0. The number of allylic oxidation sites excluding steroid dienone is 1. The molecule has 0 unspecified atom stereocenters. The summed E-state index contributed by atoms with van der Waals surface area (Å²) in [5.74, 6) is -0.920. The lowest BCUT2D eigenvalue weighted by atomic mass is 10.0. The van der Waals surface area contributed by atoms with E-state index in [4.69, 9.17) is 5.11 Å². The van der Waals surface area contributed by atoms with Gasteiger partial charge in [-0.3, -0.25) is 4.98 Å². The fourth-order valence-electron chi connectivity index (χ4n) is 1.89. The number of aromatic nitrogens is 1. The predicted octanol–water partition coefficient (Wildman–Crippen LogP) is 3.58. The number of halogens is 1. The van der Waals surface area contributed by atoms with Crippen molar-refractivity contribution in [3.8, 4) is 0 Å². The van der Waals surface area contributed by atoms with Crippen molar-refractivity contribution >= 4 is 23.9 Å². The molecule has 0 saturated carbocycles. The number of pyridine rings is 1. The van der Waals surface area contributed by atoms with E-state index in [1.54, 1.807) is 13.1 Å². The zero-order valence-corrected chi connectivity index (χ0v) is 11.9. The van der Waals surface area contributed by atoms with Gasteiger partial charge in [0, 0.05) is 18.5 Å². The van der Waals surface area contributed by atoms with Crippen LogP contribution in [0.1, 0.15) is 23.6 Å². The van der Waals surface area contributed by atoms with Crippen molar-refractivity contribution in [1.82, 2.24) is 4.98 Å². The second kappa shape index (κ2) is 7.46. The van der Waals surface area contributed by atoms with Crippen LogP contribution in [0.5, 0.6) is 0 Å². The SMILES string of the molecule is CC(=CC(=O)O)c1ccc(Cc2cccnc2)cc1.Cl. The maximum Gasteiger partial charge on any atom is 0.328 e. The molecular weight excluding hydrogens is 274 g/mol. The van der Waals surface area contributed by atoms with Gasteiger partial charge >= 0.3 is 5.97 Å². The van der Waals surface area contributed by atoms with Crippen molar-refractivity contribution in [1.29, 1.82) is 0 Å². The normalized spacial score (nSPS) is 10.8. The third-order valence-corrected chi connectivity index (χ3v) is 2.88. The highest BCUT2D eigenvalue weighted by atomic mass is 35.5. The molecule has 2 aromatic rings. The topological polar surface area (TPSA) is 50.2 Å². The average Bonchev–Trinajstić information content (AvgIpc) is 2.40. The highest BCUT2D eigenvalue weighted by Gasteiger charge is 2.00. The van der Waals surface area contributed by atoms with Crippen molar-refractivity contribution < 1.29 is 9.90 Å². The van der Waals surface area contributed by atoms with Gasteiger partial charge in [-0.15, -0.1) is 12.4 Å². The molecule has 4 heteroatoms. The Labute approximate surface area is 124 Å². The standard InChI is InChI=1S/C16H15NO2.ClH/c1-12(9-16(18)19)15-6-4-13(5-7-15)10-14-3-2-8-17-11-14;/h2-9,11H,10H2,1H3,(H,18,19);1H. The summed E-state index contributed by atoms with van der Waals surface area (Å²) in [7, 11) is 0. The van der Waals surface area contributed by atoms with Gasteiger partial charge in [0.05, 0.1) is 0 Å². The van der Waals surface area contributed by atoms with E-state index in [1.807, 2.05) is 42.6 Å². The Balaban J connectivity index is 0.00000200. The summed E-state index contributed by atoms with van der Waals surface area (Å²) >= 11 is 0. The summed E-state index contributed by atoms with van der Waals surface area (Å²) in [5, 5.41) is 8.71. The molecule has 2 rings (SSSR count). The van der Waals surface area contributed by atoms with Crippen LogP contribution < -0.4 is 0 Å². The van der Waals surface area contributed by atoms with Gasteiger partial charge in [0.1, 0.15) is 0 Å². The lowest BCUT2D eigenvalue weighted by Crippen LogP contribution is -1.92. The van der Waals surface area contributed by atoms with E-state index in [0.717, 1.165) is 23.1 Å². The number of carbonyl (C=O) groups is 1. The predicted molar refractivity (Wildman–Crippen MR) is 82.0 cm³/mol. The van der Waals surface area contributed by atoms with Crippen LogP contribution in [0.3, 0.4) is 0 Å². The zero-order valence-electron chi connectivity index (χ0n) is 11.1. The third kappa shape index (κ3) is 4.52. The van der Waals surface area contributed by atoms with Crippen LogP contribution in [0.2, 0.25) is 0 Å². The van der Waals surface area contributed by atoms with Crippen molar-refractivity contribution in [3.05, 3.63) is 71.6 Å². The molecule has 0 saturated heterocycles. The van der Waals surface area contributed by atoms with Crippen molar-refractivity contribution in [2.24, 2.45) is 0 Å². The second-order valence-corrected chi connectivity index (χ2v) is 4.40. The molecule has 1 aromatic heterocycles. The van der Waals surface area contributed by atoms with Gasteiger partial charge < -0.3 is 5.11 Å². The summed E-state index contributed by atoms with van der Waals surface area (Å²) in [4.78, 5) is 14.7. The van der Waals surface area contributed by atoms with Crippen molar-refractivity contribution in [2.45, 2.75) is 13.3 Å². The smallest absolute Gasteiger partial charge is 0.328 e. The summed E-state index contributed by atoms with van der Waals surface area (Å²) in [6.45, 7) is 1.80. The van der Waals surface area contributed by atoms with E-state index < -0.39 is 5.97 Å². The first-order chi connectivity index (χ1) is 9.15. The van der Waals surface area contributed by atoms with E-state index in [1.165, 1.54) is 11.6 Å². The number of hydrogen-bond acceptors (Lipinski definition) is 2. The maximum atomic E-state index is 10.6. The first-order valence-electron chi connectivity index (χ1n) is 6.04. The highest BCUT2D eigenvalue weighted by Crippen LogP contribution is 2.16. The average molecular weight is 290 g/mol. The van der Waals surface area contributed by atoms with Gasteiger partial charge in [-0.2, -0.15) is 0 Å². The molecule has 0 bridgehead atoms. The van der Waals surface area contributed by atoms with Gasteiger partial charge in [-0.25, -0.2) is 4.79 Å². The van der Waals surface area contributed by atoms with E-state index in [9.17, 15) is 4.79 Å². The molecule has 1 heterocycles. The number of nitrogens with zero attached hydrogens (tertiary/aromatic N) is 1. The Bertz CT molecular complexity index is 592. The number of aliphatic carboxylic acids is 1. The van der Waals surface area contributed by atoms with Gasteiger partial charge in [0.15, 0.2) is 0 Å². The molecular formula is C16H16ClNO2. The molecule has 0 radical (unpaired) electrons. The Morgan fingerprint density at radius 2 is 1.90 bits per heavy atom. The molecule has 0 amide bonds. The molecule has 0 spiro atoms. The lowest BCUT2D eigenvalue weighted by molar-refractivity contribution is -0.131. The van der Waals surface area contributed by atoms with Gasteiger partial charge in [0.25, 0.3) is 0 Å². The number of carboxylic acids is 1. The van der Waals surface area contributed by atoms with E-state index >= 15 is 0 Å². The lowest BCUT2D eigenvalue weighted by Gasteiger charge is -2.04. The van der Waals surface area contributed by atoms with Crippen LogP contribution >= 0.6 is 12.4 Å². The first kappa shape index (κ1) is 15.9. The molecule has 104 valence electrons. The Hall–Kier alpha value is -2.13. The molecule has 1 N–H and O–H groups in total.